The number of benzene rings is 2. The Kier molecular flexibility index (Phi) is 6.77. The summed E-state index contributed by atoms with van der Waals surface area (Å²) < 4.78 is 13.8. The number of aryl methyl sites for hydroxylation is 1. The fourth-order valence-corrected chi connectivity index (χ4v) is 4.60. The van der Waals surface area contributed by atoms with E-state index in [0.29, 0.717) is 47.7 Å². The number of nitriles is 1. The van der Waals surface area contributed by atoms with E-state index in [1.165, 1.54) is 6.33 Å². The van der Waals surface area contributed by atoms with Gasteiger partial charge < -0.3 is 10.2 Å². The van der Waals surface area contributed by atoms with Crippen molar-refractivity contribution in [3.8, 4) is 6.07 Å². The van der Waals surface area contributed by atoms with E-state index in [-0.39, 0.29) is 12.2 Å². The summed E-state index contributed by atoms with van der Waals surface area (Å²) in [6, 6.07) is 19.2. The predicted octanol–water partition coefficient (Wildman–Crippen LogP) is 5.85. The molecule has 2 aromatic carbocycles. The highest BCUT2D eigenvalue weighted by atomic mass is 19.1. The normalized spacial score (nSPS) is 15.4. The lowest BCUT2D eigenvalue weighted by Crippen LogP contribution is -2.21. The number of ketones is 1. The first-order valence-electron chi connectivity index (χ1n) is 12.7. The second-order valence-corrected chi connectivity index (χ2v) is 10.3. The number of nitrogens with zero attached hydrogens (tertiary/aromatic N) is 5. The lowest BCUT2D eigenvalue weighted by molar-refractivity contribution is 0.0993. The molecule has 8 heteroatoms. The Bertz CT molecular complexity index is 1560. The van der Waals surface area contributed by atoms with Gasteiger partial charge in [-0.2, -0.15) is 5.26 Å². The van der Waals surface area contributed by atoms with Gasteiger partial charge in [-0.3, -0.25) is 4.79 Å². The van der Waals surface area contributed by atoms with Crippen LogP contribution in [-0.4, -0.2) is 40.0 Å². The van der Waals surface area contributed by atoms with Crippen LogP contribution >= 0.6 is 0 Å². The number of alkyl halides is 1. The number of hydrogen-bond donors (Lipinski definition) is 1. The number of carbonyl (C=O) groups is 1. The van der Waals surface area contributed by atoms with Crippen molar-refractivity contribution in [3.63, 3.8) is 0 Å². The molecular weight excluding hydrogens is 479 g/mol. The van der Waals surface area contributed by atoms with Crippen LogP contribution in [0.25, 0.3) is 11.0 Å². The van der Waals surface area contributed by atoms with Gasteiger partial charge in [0.2, 0.25) is 0 Å². The van der Waals surface area contributed by atoms with Crippen LogP contribution in [0.2, 0.25) is 0 Å². The molecular formula is C30H29FN6O. The minimum atomic E-state index is -0.842. The highest BCUT2D eigenvalue weighted by Gasteiger charge is 2.24. The fourth-order valence-electron chi connectivity index (χ4n) is 4.60. The minimum Gasteiger partial charge on any atom is -0.354 e. The molecule has 2 aromatic heterocycles. The van der Waals surface area contributed by atoms with Crippen molar-refractivity contribution in [3.05, 3.63) is 83.2 Å². The molecule has 7 nitrogen and oxygen atoms in total. The van der Waals surface area contributed by atoms with Gasteiger partial charge >= 0.3 is 0 Å². The molecule has 5 rings (SSSR count). The zero-order valence-electron chi connectivity index (χ0n) is 21.7. The highest BCUT2D eigenvalue weighted by molar-refractivity contribution is 5.98. The monoisotopic (exact) mass is 508 g/mol. The third-order valence-electron chi connectivity index (χ3n) is 7.03. The quantitative estimate of drug-likeness (QED) is 0.313. The molecule has 1 atom stereocenters. The Balaban J connectivity index is 1.40. The number of halogens is 1. The van der Waals surface area contributed by atoms with E-state index in [9.17, 15) is 14.4 Å². The Morgan fingerprint density at radius 1 is 1.18 bits per heavy atom. The van der Waals surface area contributed by atoms with Crippen molar-refractivity contribution < 1.29 is 9.18 Å². The third kappa shape index (κ3) is 5.18. The number of rotatable bonds is 7. The van der Waals surface area contributed by atoms with Crippen LogP contribution in [0, 0.1) is 18.3 Å². The molecule has 3 heterocycles. The first kappa shape index (κ1) is 25.3. The molecule has 4 aromatic rings. The van der Waals surface area contributed by atoms with Crippen molar-refractivity contribution in [2.75, 3.05) is 23.3 Å². The summed E-state index contributed by atoms with van der Waals surface area (Å²) in [4.78, 5) is 28.6. The molecule has 0 amide bonds. The summed E-state index contributed by atoms with van der Waals surface area (Å²) in [5.41, 5.74) is 4.66. The molecule has 0 unspecified atom stereocenters. The number of fused-ring (bicyclic) bond motifs is 1. The molecule has 0 radical (unpaired) electrons. The maximum Gasteiger partial charge on any atom is 0.167 e. The number of nitrogens with one attached hydrogen (secondary N) is 1. The van der Waals surface area contributed by atoms with Crippen LogP contribution in [0.3, 0.4) is 0 Å². The Hall–Kier alpha value is -4.38. The third-order valence-corrected chi connectivity index (χ3v) is 7.03. The fraction of sp³-hybridized carbons (Fsp3) is 0.300. The zero-order valence-corrected chi connectivity index (χ0v) is 21.7. The number of Topliss-reactive ketones (excluding diaryl/α,β-unsaturated/α-hetero) is 1. The molecule has 38 heavy (non-hydrogen) atoms. The molecule has 0 saturated carbocycles. The summed E-state index contributed by atoms with van der Waals surface area (Å²) in [5, 5.41) is 12.8. The average Bonchev–Trinajstić information content (AvgIpc) is 3.36. The molecule has 1 fully saturated rings. The van der Waals surface area contributed by atoms with Crippen molar-refractivity contribution in [1.82, 2.24) is 15.0 Å². The Morgan fingerprint density at radius 2 is 2.03 bits per heavy atom. The van der Waals surface area contributed by atoms with Crippen molar-refractivity contribution in [2.45, 2.75) is 45.2 Å². The number of hydrogen-bond acceptors (Lipinski definition) is 7. The first-order chi connectivity index (χ1) is 18.2. The Labute approximate surface area is 221 Å². The van der Waals surface area contributed by atoms with E-state index in [4.69, 9.17) is 4.98 Å². The van der Waals surface area contributed by atoms with E-state index in [2.05, 4.69) is 21.4 Å². The number of carbonyl (C=O) groups excluding carboxylic acids is 1. The van der Waals surface area contributed by atoms with Gasteiger partial charge in [0, 0.05) is 24.2 Å². The van der Waals surface area contributed by atoms with Crippen molar-refractivity contribution in [2.24, 2.45) is 0 Å². The molecule has 0 bridgehead atoms. The topological polar surface area (TPSA) is 94.8 Å². The van der Waals surface area contributed by atoms with Gasteiger partial charge in [0.1, 0.15) is 23.8 Å². The van der Waals surface area contributed by atoms with Crippen LogP contribution in [-0.2, 0) is 11.8 Å². The smallest absolute Gasteiger partial charge is 0.167 e. The van der Waals surface area contributed by atoms with Crippen LogP contribution < -0.4 is 10.2 Å². The number of pyridine rings is 1. The predicted molar refractivity (Wildman–Crippen MR) is 147 cm³/mol. The molecule has 1 N–H and O–H groups in total. The van der Waals surface area contributed by atoms with E-state index >= 15 is 0 Å². The van der Waals surface area contributed by atoms with E-state index in [1.54, 1.807) is 12.1 Å². The molecule has 0 spiro atoms. The van der Waals surface area contributed by atoms with E-state index < -0.39 is 11.6 Å². The largest absolute Gasteiger partial charge is 0.354 e. The minimum absolute atomic E-state index is 0.0223. The lowest BCUT2D eigenvalue weighted by Gasteiger charge is -2.17. The zero-order chi connectivity index (χ0) is 26.9. The van der Waals surface area contributed by atoms with Crippen molar-refractivity contribution >= 4 is 34.1 Å². The first-order valence-corrected chi connectivity index (χ1v) is 12.7. The van der Waals surface area contributed by atoms with Gasteiger partial charge in [0.05, 0.1) is 23.5 Å². The summed E-state index contributed by atoms with van der Waals surface area (Å²) in [6.45, 7) is 6.62. The maximum absolute atomic E-state index is 13.8. The van der Waals surface area contributed by atoms with Gasteiger partial charge in [0.25, 0.3) is 0 Å². The van der Waals surface area contributed by atoms with Crippen LogP contribution in [0.4, 0.5) is 21.7 Å². The standard InChI is InChI=1S/C30H29FN6O/c1-19-7-8-20(14-26(38)21-5-4-6-22(15-21)30(2,3)17-32)13-25(19)35-29-28-24(33-18-34-29)9-10-27(36-28)37-12-11-23(31)16-37/h4-10,13,15,18,23H,11-12,14,16H2,1-3H3,(H,33,34,35)/t23-/m0/s1. The lowest BCUT2D eigenvalue weighted by atomic mass is 9.85. The second-order valence-electron chi connectivity index (χ2n) is 10.3. The Morgan fingerprint density at radius 3 is 2.79 bits per heavy atom. The van der Waals surface area contributed by atoms with Gasteiger partial charge in [-0.1, -0.05) is 30.3 Å². The van der Waals surface area contributed by atoms with Gasteiger partial charge in [-0.25, -0.2) is 19.3 Å². The SMILES string of the molecule is Cc1ccc(CC(=O)c2cccc(C(C)(C)C#N)c2)cc1Nc1ncnc2ccc(N3CC[C@H](F)C3)nc12. The average molecular weight is 509 g/mol. The number of aromatic nitrogens is 3. The molecule has 1 aliphatic heterocycles. The summed E-state index contributed by atoms with van der Waals surface area (Å²) >= 11 is 0. The van der Waals surface area contributed by atoms with Gasteiger partial charge in [-0.15, -0.1) is 0 Å². The summed E-state index contributed by atoms with van der Waals surface area (Å²) in [7, 11) is 0. The van der Waals surface area contributed by atoms with Crippen LogP contribution in [0.5, 0.6) is 0 Å². The molecule has 1 saturated heterocycles. The van der Waals surface area contributed by atoms with Crippen LogP contribution in [0.1, 0.15) is 47.3 Å². The maximum atomic E-state index is 13.8. The van der Waals surface area contributed by atoms with E-state index in [0.717, 1.165) is 22.4 Å². The van der Waals surface area contributed by atoms with E-state index in [1.807, 2.05) is 68.1 Å². The van der Waals surface area contributed by atoms with Gasteiger partial charge in [-0.05, 0) is 68.1 Å². The molecule has 1 aliphatic rings. The van der Waals surface area contributed by atoms with Crippen LogP contribution in [0.15, 0.2) is 60.9 Å². The molecule has 0 aliphatic carbocycles. The second kappa shape index (κ2) is 10.2. The number of anilines is 3. The summed E-state index contributed by atoms with van der Waals surface area (Å²) in [6.07, 6.45) is 1.36. The highest BCUT2D eigenvalue weighted by Crippen LogP contribution is 2.29. The summed E-state index contributed by atoms with van der Waals surface area (Å²) in [5.74, 6) is 1.23. The molecule has 192 valence electrons. The van der Waals surface area contributed by atoms with Crippen molar-refractivity contribution in [1.29, 1.82) is 5.26 Å². The van der Waals surface area contributed by atoms with Gasteiger partial charge in [0.15, 0.2) is 11.6 Å².